The Morgan fingerprint density at radius 2 is 1.75 bits per heavy atom. The SMILES string of the molecule is CCOc1ccccc1/C=C/C(=O)OCC(=O)Nc1ccc(OC)c(OC)c1. The monoisotopic (exact) mass is 385 g/mol. The molecule has 7 nitrogen and oxygen atoms in total. The third kappa shape index (κ3) is 6.05. The number of methoxy groups -OCH3 is 2. The van der Waals surface area contributed by atoms with Gasteiger partial charge in [-0.15, -0.1) is 0 Å². The van der Waals surface area contributed by atoms with Gasteiger partial charge in [-0.1, -0.05) is 18.2 Å². The van der Waals surface area contributed by atoms with E-state index < -0.39 is 18.5 Å². The maximum absolute atomic E-state index is 12.0. The highest BCUT2D eigenvalue weighted by molar-refractivity contribution is 5.95. The van der Waals surface area contributed by atoms with Crippen LogP contribution in [0.5, 0.6) is 17.2 Å². The lowest BCUT2D eigenvalue weighted by atomic mass is 10.2. The molecule has 28 heavy (non-hydrogen) atoms. The van der Waals surface area contributed by atoms with Gasteiger partial charge < -0.3 is 24.3 Å². The van der Waals surface area contributed by atoms with Gasteiger partial charge >= 0.3 is 5.97 Å². The summed E-state index contributed by atoms with van der Waals surface area (Å²) in [4.78, 5) is 23.8. The van der Waals surface area contributed by atoms with Crippen LogP contribution < -0.4 is 19.5 Å². The average molecular weight is 385 g/mol. The molecular formula is C21H23NO6. The minimum absolute atomic E-state index is 0.412. The minimum Gasteiger partial charge on any atom is -0.493 e. The van der Waals surface area contributed by atoms with Crippen LogP contribution in [-0.4, -0.2) is 39.3 Å². The number of ether oxygens (including phenoxy) is 4. The van der Waals surface area contributed by atoms with Crippen LogP contribution in [0.15, 0.2) is 48.5 Å². The Labute approximate surface area is 163 Å². The van der Waals surface area contributed by atoms with Crippen LogP contribution in [-0.2, 0) is 14.3 Å². The molecule has 0 atom stereocenters. The number of carbonyl (C=O) groups is 2. The lowest BCUT2D eigenvalue weighted by molar-refractivity contribution is -0.142. The van der Waals surface area contributed by atoms with Crippen molar-refractivity contribution in [2.45, 2.75) is 6.92 Å². The molecule has 2 aromatic rings. The van der Waals surface area contributed by atoms with Crippen molar-refractivity contribution < 1.29 is 28.5 Å². The standard InChI is InChI=1S/C21H23NO6/c1-4-27-17-8-6-5-7-15(17)9-12-21(24)28-14-20(23)22-16-10-11-18(25-2)19(13-16)26-3/h5-13H,4,14H2,1-3H3,(H,22,23)/b12-9+. The number of carbonyl (C=O) groups excluding carboxylic acids is 2. The van der Waals surface area contributed by atoms with Crippen molar-refractivity contribution in [3.05, 3.63) is 54.1 Å². The number of benzene rings is 2. The zero-order valence-corrected chi connectivity index (χ0v) is 16.1. The molecule has 0 aromatic heterocycles. The Bertz CT molecular complexity index is 847. The fourth-order valence-electron chi connectivity index (χ4n) is 2.36. The van der Waals surface area contributed by atoms with Crippen LogP contribution in [0, 0.1) is 0 Å². The summed E-state index contributed by atoms with van der Waals surface area (Å²) in [6.07, 6.45) is 2.83. The smallest absolute Gasteiger partial charge is 0.331 e. The number of anilines is 1. The van der Waals surface area contributed by atoms with Crippen molar-refractivity contribution >= 4 is 23.6 Å². The topological polar surface area (TPSA) is 83.1 Å². The van der Waals surface area contributed by atoms with Gasteiger partial charge in [-0.05, 0) is 31.2 Å². The maximum atomic E-state index is 12.0. The van der Waals surface area contributed by atoms with Gasteiger partial charge in [0.2, 0.25) is 0 Å². The second-order valence-electron chi connectivity index (χ2n) is 5.53. The van der Waals surface area contributed by atoms with Gasteiger partial charge in [0, 0.05) is 23.4 Å². The predicted molar refractivity (Wildman–Crippen MR) is 106 cm³/mol. The quantitative estimate of drug-likeness (QED) is 0.527. The summed E-state index contributed by atoms with van der Waals surface area (Å²) in [5.74, 6) is 0.593. The molecule has 2 aromatic carbocycles. The first kappa shape index (κ1) is 20.8. The number of nitrogens with one attached hydrogen (secondary N) is 1. The van der Waals surface area contributed by atoms with Crippen molar-refractivity contribution in [1.29, 1.82) is 0 Å². The Hall–Kier alpha value is -3.48. The number of para-hydroxylation sites is 1. The number of amides is 1. The number of rotatable bonds is 9. The first-order valence-corrected chi connectivity index (χ1v) is 8.66. The third-order valence-electron chi connectivity index (χ3n) is 3.63. The van der Waals surface area contributed by atoms with E-state index in [2.05, 4.69) is 5.32 Å². The van der Waals surface area contributed by atoms with Crippen molar-refractivity contribution in [3.63, 3.8) is 0 Å². The van der Waals surface area contributed by atoms with E-state index in [9.17, 15) is 9.59 Å². The summed E-state index contributed by atoms with van der Waals surface area (Å²) < 4.78 is 20.8. The van der Waals surface area contributed by atoms with E-state index in [1.54, 1.807) is 24.3 Å². The molecule has 0 heterocycles. The van der Waals surface area contributed by atoms with Gasteiger partial charge in [0.25, 0.3) is 5.91 Å². The highest BCUT2D eigenvalue weighted by Gasteiger charge is 2.09. The molecule has 0 aliphatic heterocycles. The van der Waals surface area contributed by atoms with Crippen LogP contribution in [0.1, 0.15) is 12.5 Å². The Kier molecular flexibility index (Phi) is 7.90. The summed E-state index contributed by atoms with van der Waals surface area (Å²) in [7, 11) is 3.02. The maximum Gasteiger partial charge on any atom is 0.331 e. The highest BCUT2D eigenvalue weighted by Crippen LogP contribution is 2.29. The molecule has 0 unspecified atom stereocenters. The summed E-state index contributed by atoms with van der Waals surface area (Å²) in [6, 6.07) is 12.3. The van der Waals surface area contributed by atoms with E-state index in [0.29, 0.717) is 29.5 Å². The van der Waals surface area contributed by atoms with Crippen LogP contribution in [0.2, 0.25) is 0 Å². The summed E-state index contributed by atoms with van der Waals surface area (Å²) in [5.41, 5.74) is 1.25. The molecule has 0 saturated heterocycles. The highest BCUT2D eigenvalue weighted by atomic mass is 16.5. The van der Waals surface area contributed by atoms with Gasteiger partial charge in [0.15, 0.2) is 18.1 Å². The van der Waals surface area contributed by atoms with Crippen molar-refractivity contribution in [1.82, 2.24) is 0 Å². The van der Waals surface area contributed by atoms with E-state index in [-0.39, 0.29) is 0 Å². The number of esters is 1. The van der Waals surface area contributed by atoms with Crippen molar-refractivity contribution in [2.24, 2.45) is 0 Å². The van der Waals surface area contributed by atoms with Crippen molar-refractivity contribution in [3.8, 4) is 17.2 Å². The fraction of sp³-hybridized carbons (Fsp3) is 0.238. The van der Waals surface area contributed by atoms with Crippen LogP contribution in [0.4, 0.5) is 5.69 Å². The number of hydrogen-bond donors (Lipinski definition) is 1. The molecule has 0 bridgehead atoms. The molecule has 0 spiro atoms. The zero-order chi connectivity index (χ0) is 20.4. The van der Waals surface area contributed by atoms with Gasteiger partial charge in [-0.3, -0.25) is 4.79 Å². The molecule has 0 saturated carbocycles. The van der Waals surface area contributed by atoms with E-state index in [4.69, 9.17) is 18.9 Å². The van der Waals surface area contributed by atoms with Crippen molar-refractivity contribution in [2.75, 3.05) is 32.8 Å². The van der Waals surface area contributed by atoms with E-state index in [1.807, 2.05) is 31.2 Å². The molecule has 0 aliphatic carbocycles. The lowest BCUT2D eigenvalue weighted by Gasteiger charge is -2.10. The third-order valence-corrected chi connectivity index (χ3v) is 3.63. The molecule has 0 aliphatic rings. The first-order chi connectivity index (χ1) is 13.6. The second kappa shape index (κ2) is 10.6. The molecule has 1 N–H and O–H groups in total. The van der Waals surface area contributed by atoms with Gasteiger partial charge in [-0.25, -0.2) is 4.79 Å². The normalized spacial score (nSPS) is 10.4. The molecule has 0 fully saturated rings. The summed E-state index contributed by atoms with van der Waals surface area (Å²) in [6.45, 7) is 1.99. The largest absolute Gasteiger partial charge is 0.493 e. The molecule has 1 amide bonds. The second-order valence-corrected chi connectivity index (χ2v) is 5.53. The fourth-order valence-corrected chi connectivity index (χ4v) is 2.36. The average Bonchev–Trinajstić information content (AvgIpc) is 2.71. The van der Waals surface area contributed by atoms with Crippen LogP contribution in [0.25, 0.3) is 6.08 Å². The Morgan fingerprint density at radius 3 is 2.46 bits per heavy atom. The van der Waals surface area contributed by atoms with Gasteiger partial charge in [0.1, 0.15) is 5.75 Å². The van der Waals surface area contributed by atoms with Crippen LogP contribution in [0.3, 0.4) is 0 Å². The predicted octanol–water partition coefficient (Wildman–Crippen LogP) is 3.30. The molecular weight excluding hydrogens is 362 g/mol. The summed E-state index contributed by atoms with van der Waals surface area (Å²) in [5, 5.41) is 2.63. The van der Waals surface area contributed by atoms with E-state index >= 15 is 0 Å². The van der Waals surface area contributed by atoms with Gasteiger partial charge in [-0.2, -0.15) is 0 Å². The minimum atomic E-state index is -0.631. The summed E-state index contributed by atoms with van der Waals surface area (Å²) >= 11 is 0. The van der Waals surface area contributed by atoms with E-state index in [1.165, 1.54) is 20.3 Å². The number of hydrogen-bond acceptors (Lipinski definition) is 6. The Balaban J connectivity index is 1.88. The van der Waals surface area contributed by atoms with Crippen LogP contribution >= 0.6 is 0 Å². The molecule has 7 heteroatoms. The first-order valence-electron chi connectivity index (χ1n) is 8.66. The lowest BCUT2D eigenvalue weighted by Crippen LogP contribution is -2.20. The Morgan fingerprint density at radius 1 is 1.00 bits per heavy atom. The molecule has 148 valence electrons. The van der Waals surface area contributed by atoms with Gasteiger partial charge in [0.05, 0.1) is 20.8 Å². The van der Waals surface area contributed by atoms with E-state index in [0.717, 1.165) is 5.56 Å². The molecule has 0 radical (unpaired) electrons. The molecule has 2 rings (SSSR count). The zero-order valence-electron chi connectivity index (χ0n) is 16.1.